The molecule has 170 valence electrons. The van der Waals surface area contributed by atoms with E-state index in [2.05, 4.69) is 20.8 Å². The monoisotopic (exact) mass is 472 g/mol. The van der Waals surface area contributed by atoms with E-state index in [4.69, 9.17) is 0 Å². The summed E-state index contributed by atoms with van der Waals surface area (Å²) in [6.07, 6.45) is 4.51. The summed E-state index contributed by atoms with van der Waals surface area (Å²) in [5, 5.41) is 9.24. The van der Waals surface area contributed by atoms with Crippen LogP contribution in [0.2, 0.25) is 0 Å². The molecule has 0 radical (unpaired) electrons. The van der Waals surface area contributed by atoms with Crippen LogP contribution in [0.3, 0.4) is 0 Å². The summed E-state index contributed by atoms with van der Waals surface area (Å²) in [7, 11) is -3.52. The minimum Gasteiger partial charge on any atom is -0.268 e. The van der Waals surface area contributed by atoms with Crippen molar-refractivity contribution < 1.29 is 12.8 Å². The van der Waals surface area contributed by atoms with Crippen molar-refractivity contribution in [2.24, 2.45) is 0 Å². The molecule has 1 unspecified atom stereocenters. The van der Waals surface area contributed by atoms with Crippen molar-refractivity contribution in [2.45, 2.75) is 11.8 Å². The highest BCUT2D eigenvalue weighted by Crippen LogP contribution is 2.42. The van der Waals surface area contributed by atoms with Gasteiger partial charge in [-0.1, -0.05) is 36.4 Å². The van der Waals surface area contributed by atoms with E-state index in [-0.39, 0.29) is 17.6 Å². The molecule has 0 fully saturated rings. The molecule has 4 aromatic rings. The van der Waals surface area contributed by atoms with Crippen molar-refractivity contribution >= 4 is 15.8 Å². The molecule has 2 aromatic carbocycles. The Morgan fingerprint density at radius 1 is 0.882 bits per heavy atom. The molecule has 0 aliphatic carbocycles. The van der Waals surface area contributed by atoms with E-state index < -0.39 is 15.9 Å². The van der Waals surface area contributed by atoms with Gasteiger partial charge in [0, 0.05) is 24.2 Å². The molecule has 2 heterocycles. The summed E-state index contributed by atoms with van der Waals surface area (Å²) in [5.41, 5.74) is 3.72. The van der Waals surface area contributed by atoms with Crippen LogP contribution in [0, 0.1) is 17.1 Å². The van der Waals surface area contributed by atoms with Crippen LogP contribution < -0.4 is 4.72 Å². The number of nitrogens with zero attached hydrogens (tertiary/aromatic N) is 3. The number of pyridine rings is 2. The zero-order valence-corrected chi connectivity index (χ0v) is 19.1. The second kappa shape index (κ2) is 9.81. The first-order valence-corrected chi connectivity index (χ1v) is 12.3. The van der Waals surface area contributed by atoms with Gasteiger partial charge in [-0.25, -0.2) is 17.8 Å². The Kier molecular flexibility index (Phi) is 6.66. The summed E-state index contributed by atoms with van der Waals surface area (Å²) in [6, 6.07) is 24.5. The molecule has 8 heteroatoms. The Hall–Kier alpha value is -4.09. The third-order valence-corrected chi connectivity index (χ3v) is 5.96. The van der Waals surface area contributed by atoms with Gasteiger partial charge in [0.05, 0.1) is 23.6 Å². The lowest BCUT2D eigenvalue weighted by atomic mass is 9.75. The molecular formula is C26H21FN4O2S. The smallest absolute Gasteiger partial charge is 0.230 e. The van der Waals surface area contributed by atoms with Crippen molar-refractivity contribution in [3.05, 3.63) is 125 Å². The highest BCUT2D eigenvalue weighted by molar-refractivity contribution is 7.92. The first-order valence-electron chi connectivity index (χ1n) is 10.4. The van der Waals surface area contributed by atoms with Crippen LogP contribution in [0.4, 0.5) is 10.2 Å². The number of anilines is 1. The molecule has 34 heavy (non-hydrogen) atoms. The fourth-order valence-electron chi connectivity index (χ4n) is 3.98. The molecule has 4 rings (SSSR count). The average Bonchev–Trinajstić information content (AvgIpc) is 2.83. The van der Waals surface area contributed by atoms with Gasteiger partial charge in [-0.2, -0.15) is 5.26 Å². The largest absolute Gasteiger partial charge is 0.268 e. The Bertz CT molecular complexity index is 1420. The number of benzene rings is 2. The second-order valence-corrected chi connectivity index (χ2v) is 9.60. The van der Waals surface area contributed by atoms with Crippen molar-refractivity contribution in [3.63, 3.8) is 0 Å². The van der Waals surface area contributed by atoms with E-state index in [9.17, 15) is 18.1 Å². The van der Waals surface area contributed by atoms with Gasteiger partial charge in [0.1, 0.15) is 11.6 Å². The lowest BCUT2D eigenvalue weighted by Gasteiger charge is -2.28. The topological polar surface area (TPSA) is 95.7 Å². The highest BCUT2D eigenvalue weighted by Gasteiger charge is 2.30. The number of hydrogen-bond donors (Lipinski definition) is 1. The first kappa shape index (κ1) is 23.1. The highest BCUT2D eigenvalue weighted by atomic mass is 32.2. The molecule has 0 saturated carbocycles. The normalized spacial score (nSPS) is 13.0. The molecule has 1 N–H and O–H groups in total. The van der Waals surface area contributed by atoms with E-state index in [1.54, 1.807) is 48.8 Å². The van der Waals surface area contributed by atoms with Gasteiger partial charge < -0.3 is 0 Å². The fraction of sp³-hybridized carbons (Fsp3) is 0.115. The number of nitrogens with one attached hydrogen (secondary N) is 1. The lowest BCUT2D eigenvalue weighted by molar-refractivity contribution is 0.606. The van der Waals surface area contributed by atoms with Crippen molar-refractivity contribution in [2.75, 3.05) is 11.0 Å². The number of nitriles is 1. The Morgan fingerprint density at radius 2 is 1.56 bits per heavy atom. The first-order chi connectivity index (χ1) is 16.3. The number of rotatable bonds is 7. The Labute approximate surface area is 197 Å². The molecule has 2 aromatic heterocycles. The standard InChI is InChI=1S/C26H21FN4O2S/c1-34(32,33)31-24-6-2-5-23(30-24)26(20-11-13-22(27)14-12-20)25(21-4-3-15-29-17-21)19-9-7-18(16-28)8-10-19/h2-15,17,25-26H,1H3,(H,30,31)/t25?,26-/m1/s1. The van der Waals surface area contributed by atoms with Crippen LogP contribution in [-0.2, 0) is 10.0 Å². The quantitative estimate of drug-likeness (QED) is 0.416. The summed E-state index contributed by atoms with van der Waals surface area (Å²) < 4.78 is 39.8. The van der Waals surface area contributed by atoms with E-state index >= 15 is 0 Å². The minimum absolute atomic E-state index is 0.192. The number of aromatic nitrogens is 2. The maximum atomic E-state index is 13.8. The van der Waals surface area contributed by atoms with E-state index in [0.29, 0.717) is 11.3 Å². The van der Waals surface area contributed by atoms with E-state index in [1.165, 1.54) is 12.1 Å². The molecule has 6 nitrogen and oxygen atoms in total. The molecule has 0 spiro atoms. The average molecular weight is 473 g/mol. The molecule has 0 bridgehead atoms. The van der Waals surface area contributed by atoms with Crippen molar-refractivity contribution in [3.8, 4) is 6.07 Å². The van der Waals surface area contributed by atoms with E-state index in [1.807, 2.05) is 30.3 Å². The molecule has 0 amide bonds. The van der Waals surface area contributed by atoms with Crippen LogP contribution in [0.15, 0.2) is 91.3 Å². The molecule has 0 saturated heterocycles. The van der Waals surface area contributed by atoms with Crippen LogP contribution >= 0.6 is 0 Å². The maximum Gasteiger partial charge on any atom is 0.230 e. The maximum absolute atomic E-state index is 13.8. The van der Waals surface area contributed by atoms with Gasteiger partial charge >= 0.3 is 0 Å². The van der Waals surface area contributed by atoms with Gasteiger partial charge in [-0.3, -0.25) is 9.71 Å². The Balaban J connectivity index is 1.93. The van der Waals surface area contributed by atoms with Crippen LogP contribution in [0.25, 0.3) is 0 Å². The van der Waals surface area contributed by atoms with Gasteiger partial charge in [-0.15, -0.1) is 0 Å². The van der Waals surface area contributed by atoms with Crippen LogP contribution in [0.5, 0.6) is 0 Å². The SMILES string of the molecule is CS(=O)(=O)Nc1cccc([C@@H](c2ccc(F)cc2)C(c2ccc(C#N)cc2)c2cccnc2)n1. The summed E-state index contributed by atoms with van der Waals surface area (Å²) in [6.45, 7) is 0. The summed E-state index contributed by atoms with van der Waals surface area (Å²) in [4.78, 5) is 8.90. The lowest BCUT2D eigenvalue weighted by Crippen LogP contribution is -2.18. The molecular weight excluding hydrogens is 451 g/mol. The Morgan fingerprint density at radius 3 is 2.18 bits per heavy atom. The second-order valence-electron chi connectivity index (χ2n) is 7.85. The molecule has 0 aliphatic heterocycles. The third kappa shape index (κ3) is 5.45. The predicted molar refractivity (Wildman–Crippen MR) is 128 cm³/mol. The van der Waals surface area contributed by atoms with Crippen molar-refractivity contribution in [1.29, 1.82) is 5.26 Å². The van der Waals surface area contributed by atoms with Gasteiger partial charge in [0.25, 0.3) is 0 Å². The van der Waals surface area contributed by atoms with Gasteiger partial charge in [-0.05, 0) is 59.2 Å². The number of sulfonamides is 1. The van der Waals surface area contributed by atoms with Gasteiger partial charge in [0.2, 0.25) is 10.0 Å². The number of halogens is 1. The van der Waals surface area contributed by atoms with Crippen LogP contribution in [0.1, 0.15) is 39.8 Å². The predicted octanol–water partition coefficient (Wildman–Crippen LogP) is 4.82. The van der Waals surface area contributed by atoms with E-state index in [0.717, 1.165) is 22.9 Å². The van der Waals surface area contributed by atoms with Crippen LogP contribution in [-0.4, -0.2) is 24.6 Å². The zero-order valence-electron chi connectivity index (χ0n) is 18.3. The van der Waals surface area contributed by atoms with Crippen molar-refractivity contribution in [1.82, 2.24) is 9.97 Å². The zero-order chi connectivity index (χ0) is 24.1. The minimum atomic E-state index is -3.52. The molecule has 2 atom stereocenters. The van der Waals surface area contributed by atoms with Gasteiger partial charge in [0.15, 0.2) is 0 Å². The molecule has 0 aliphatic rings. The third-order valence-electron chi connectivity index (χ3n) is 5.38. The fourth-order valence-corrected chi connectivity index (χ4v) is 4.47. The summed E-state index contributed by atoms with van der Waals surface area (Å²) >= 11 is 0. The summed E-state index contributed by atoms with van der Waals surface area (Å²) in [5.74, 6) is -0.872. The number of hydrogen-bond acceptors (Lipinski definition) is 5.